The van der Waals surface area contributed by atoms with E-state index in [9.17, 15) is 4.79 Å². The summed E-state index contributed by atoms with van der Waals surface area (Å²) in [4.78, 5) is 14.2. The fourth-order valence-corrected chi connectivity index (χ4v) is 4.83. The van der Waals surface area contributed by atoms with Crippen LogP contribution in [0.1, 0.15) is 50.7 Å². The summed E-state index contributed by atoms with van der Waals surface area (Å²) in [6.45, 7) is 6.81. The standard InChI is InChI=1S/C21H27N3O2/c1-13(2)24-9-7-21(8-10-24)6-5-14-11-15(3-4-18(14)26-21)19-16-12-17(16)20(25)23-22-19/h3-4,11,13,16-17H,5-10,12H2,1-2H3,(H,23,25). The molecule has 3 aliphatic heterocycles. The summed E-state index contributed by atoms with van der Waals surface area (Å²) in [6, 6.07) is 7.09. The Morgan fingerprint density at radius 3 is 2.81 bits per heavy atom. The topological polar surface area (TPSA) is 53.9 Å². The number of piperidine rings is 1. The van der Waals surface area contributed by atoms with Crippen LogP contribution in [0.2, 0.25) is 0 Å². The van der Waals surface area contributed by atoms with Crippen LogP contribution >= 0.6 is 0 Å². The van der Waals surface area contributed by atoms with Crippen LogP contribution in [-0.4, -0.2) is 41.3 Å². The molecule has 0 bridgehead atoms. The lowest BCUT2D eigenvalue weighted by Crippen LogP contribution is -2.51. The van der Waals surface area contributed by atoms with Gasteiger partial charge in [0, 0.05) is 31.0 Å². The predicted molar refractivity (Wildman–Crippen MR) is 100 cm³/mol. The Labute approximate surface area is 154 Å². The highest BCUT2D eigenvalue weighted by Gasteiger charge is 2.49. The van der Waals surface area contributed by atoms with Crippen LogP contribution in [0, 0.1) is 11.8 Å². The first-order valence-electron chi connectivity index (χ1n) is 9.98. The largest absolute Gasteiger partial charge is 0.487 e. The van der Waals surface area contributed by atoms with Crippen LogP contribution < -0.4 is 10.2 Å². The quantitative estimate of drug-likeness (QED) is 0.889. The van der Waals surface area contributed by atoms with Gasteiger partial charge in [-0.1, -0.05) is 0 Å². The highest BCUT2D eigenvalue weighted by molar-refractivity contribution is 6.09. The van der Waals surface area contributed by atoms with E-state index >= 15 is 0 Å². The van der Waals surface area contributed by atoms with E-state index in [1.165, 1.54) is 5.56 Å². The first-order chi connectivity index (χ1) is 12.5. The Hall–Kier alpha value is -1.88. The van der Waals surface area contributed by atoms with Crippen molar-refractivity contribution in [2.24, 2.45) is 16.9 Å². The molecule has 3 heterocycles. The SMILES string of the molecule is CC(C)N1CCC2(CCc3cc(C4=NNC(=O)C5CC45)ccc3O2)CC1. The third-order valence-electron chi connectivity index (χ3n) is 6.74. The molecule has 5 rings (SSSR count). The summed E-state index contributed by atoms with van der Waals surface area (Å²) in [5, 5.41) is 4.33. The minimum atomic E-state index is 0.0256. The van der Waals surface area contributed by atoms with Crippen LogP contribution in [0.15, 0.2) is 23.3 Å². The summed E-state index contributed by atoms with van der Waals surface area (Å²) in [6.07, 6.45) is 5.35. The van der Waals surface area contributed by atoms with Crippen molar-refractivity contribution < 1.29 is 9.53 Å². The maximum Gasteiger partial charge on any atom is 0.243 e. The predicted octanol–water partition coefficient (Wildman–Crippen LogP) is 2.72. The number of hydrazone groups is 1. The molecule has 2 fully saturated rings. The zero-order valence-corrected chi connectivity index (χ0v) is 15.6. The molecule has 1 N–H and O–H groups in total. The van der Waals surface area contributed by atoms with E-state index < -0.39 is 0 Å². The van der Waals surface area contributed by atoms with Crippen LogP contribution in [0.25, 0.3) is 0 Å². The van der Waals surface area contributed by atoms with E-state index in [1.54, 1.807) is 0 Å². The van der Waals surface area contributed by atoms with Crippen molar-refractivity contribution in [2.45, 2.75) is 57.6 Å². The number of hydrogen-bond donors (Lipinski definition) is 1. The van der Waals surface area contributed by atoms with Crippen molar-refractivity contribution >= 4 is 11.6 Å². The zero-order chi connectivity index (χ0) is 17.9. The van der Waals surface area contributed by atoms with E-state index in [0.717, 1.165) is 62.2 Å². The molecule has 1 aromatic rings. The number of amides is 1. The van der Waals surface area contributed by atoms with Gasteiger partial charge in [-0.15, -0.1) is 0 Å². The van der Waals surface area contributed by atoms with Gasteiger partial charge in [0.25, 0.3) is 0 Å². The molecular weight excluding hydrogens is 326 g/mol. The van der Waals surface area contributed by atoms with Gasteiger partial charge in [-0.3, -0.25) is 4.79 Å². The number of benzene rings is 1. The molecule has 1 aromatic carbocycles. The molecule has 5 heteroatoms. The molecule has 1 amide bonds. The van der Waals surface area contributed by atoms with Gasteiger partial charge >= 0.3 is 0 Å². The minimum absolute atomic E-state index is 0.0256. The van der Waals surface area contributed by atoms with Crippen molar-refractivity contribution in [2.75, 3.05) is 13.1 Å². The van der Waals surface area contributed by atoms with E-state index in [1.807, 2.05) is 0 Å². The molecule has 138 valence electrons. The van der Waals surface area contributed by atoms with Crippen molar-refractivity contribution in [3.05, 3.63) is 29.3 Å². The van der Waals surface area contributed by atoms with Crippen LogP contribution in [0.5, 0.6) is 5.75 Å². The number of likely N-dealkylation sites (tertiary alicyclic amines) is 1. The summed E-state index contributed by atoms with van der Waals surface area (Å²) in [7, 11) is 0. The van der Waals surface area contributed by atoms with Gasteiger partial charge in [-0.05, 0) is 75.3 Å². The van der Waals surface area contributed by atoms with Crippen molar-refractivity contribution in [3.63, 3.8) is 0 Å². The highest BCUT2D eigenvalue weighted by atomic mass is 16.5. The van der Waals surface area contributed by atoms with Gasteiger partial charge in [-0.25, -0.2) is 5.43 Å². The molecule has 1 saturated carbocycles. The first-order valence-corrected chi connectivity index (χ1v) is 9.98. The molecule has 5 nitrogen and oxygen atoms in total. The monoisotopic (exact) mass is 353 g/mol. The minimum Gasteiger partial charge on any atom is -0.487 e. The fraction of sp³-hybridized carbons (Fsp3) is 0.619. The maximum atomic E-state index is 11.6. The van der Waals surface area contributed by atoms with E-state index in [2.05, 4.69) is 47.5 Å². The van der Waals surface area contributed by atoms with Crippen LogP contribution in [0.4, 0.5) is 0 Å². The van der Waals surface area contributed by atoms with E-state index in [0.29, 0.717) is 12.0 Å². The number of ether oxygens (including phenoxy) is 1. The molecule has 2 atom stereocenters. The van der Waals surface area contributed by atoms with Gasteiger partial charge < -0.3 is 9.64 Å². The second-order valence-electron chi connectivity index (χ2n) is 8.66. The molecule has 0 radical (unpaired) electrons. The number of nitrogens with one attached hydrogen (secondary N) is 1. The van der Waals surface area contributed by atoms with Crippen LogP contribution in [0.3, 0.4) is 0 Å². The number of carbonyl (C=O) groups is 1. The zero-order valence-electron chi connectivity index (χ0n) is 15.6. The number of aryl methyl sites for hydroxylation is 1. The average molecular weight is 353 g/mol. The van der Waals surface area contributed by atoms with Crippen molar-refractivity contribution in [1.82, 2.24) is 10.3 Å². The van der Waals surface area contributed by atoms with Crippen LogP contribution in [-0.2, 0) is 11.2 Å². The summed E-state index contributed by atoms with van der Waals surface area (Å²) >= 11 is 0. The molecule has 0 aromatic heterocycles. The molecule has 1 aliphatic carbocycles. The van der Waals surface area contributed by atoms with Crippen molar-refractivity contribution in [1.29, 1.82) is 0 Å². The lowest BCUT2D eigenvalue weighted by molar-refractivity contribution is -0.122. The molecule has 26 heavy (non-hydrogen) atoms. The molecule has 4 aliphatic rings. The molecule has 2 unspecified atom stereocenters. The van der Waals surface area contributed by atoms with Gasteiger partial charge in [0.05, 0.1) is 5.71 Å². The third-order valence-corrected chi connectivity index (χ3v) is 6.74. The van der Waals surface area contributed by atoms with Crippen molar-refractivity contribution in [3.8, 4) is 5.75 Å². The Bertz CT molecular complexity index is 777. The van der Waals surface area contributed by atoms with Gasteiger partial charge in [0.1, 0.15) is 11.4 Å². The number of carbonyl (C=O) groups excluding carboxylic acids is 1. The highest BCUT2D eigenvalue weighted by Crippen LogP contribution is 2.45. The fourth-order valence-electron chi connectivity index (χ4n) is 4.83. The maximum absolute atomic E-state index is 11.6. The Balaban J connectivity index is 1.34. The summed E-state index contributed by atoms with van der Waals surface area (Å²) in [5.41, 5.74) is 6.18. The van der Waals surface area contributed by atoms with E-state index in [4.69, 9.17) is 4.74 Å². The second kappa shape index (κ2) is 5.81. The Kier molecular flexibility index (Phi) is 3.64. The molecule has 1 spiro atoms. The smallest absolute Gasteiger partial charge is 0.243 e. The van der Waals surface area contributed by atoms with Gasteiger partial charge in [0.2, 0.25) is 5.91 Å². The number of rotatable bonds is 2. The average Bonchev–Trinajstić information content (AvgIpc) is 3.44. The number of hydrogen-bond acceptors (Lipinski definition) is 4. The Morgan fingerprint density at radius 2 is 2.04 bits per heavy atom. The number of nitrogens with zero attached hydrogens (tertiary/aromatic N) is 2. The summed E-state index contributed by atoms with van der Waals surface area (Å²) in [5.74, 6) is 1.59. The normalized spacial score (nSPS) is 29.5. The Morgan fingerprint density at radius 1 is 1.23 bits per heavy atom. The lowest BCUT2D eigenvalue weighted by Gasteiger charge is -2.45. The molecular formula is C21H27N3O2. The summed E-state index contributed by atoms with van der Waals surface area (Å²) < 4.78 is 6.55. The van der Waals surface area contributed by atoms with Gasteiger partial charge in [0.15, 0.2) is 0 Å². The first kappa shape index (κ1) is 16.3. The lowest BCUT2D eigenvalue weighted by atomic mass is 9.82. The molecule has 1 saturated heterocycles. The second-order valence-corrected chi connectivity index (χ2v) is 8.66. The van der Waals surface area contributed by atoms with Gasteiger partial charge in [-0.2, -0.15) is 5.10 Å². The van der Waals surface area contributed by atoms with E-state index in [-0.39, 0.29) is 17.4 Å². The number of fused-ring (bicyclic) bond motifs is 2. The third kappa shape index (κ3) is 2.64.